The van der Waals surface area contributed by atoms with Gasteiger partial charge in [-0.1, -0.05) is 25.4 Å². The molecule has 18 heavy (non-hydrogen) atoms. The Morgan fingerprint density at radius 2 is 2.11 bits per heavy atom. The van der Waals surface area contributed by atoms with Crippen LogP contribution in [0.15, 0.2) is 29.0 Å². The second-order valence-electron chi connectivity index (χ2n) is 4.52. The first-order valence-electron chi connectivity index (χ1n) is 5.88. The molecule has 0 radical (unpaired) electrons. The van der Waals surface area contributed by atoms with Crippen LogP contribution >= 0.6 is 11.6 Å². The van der Waals surface area contributed by atoms with Crippen molar-refractivity contribution >= 4 is 11.6 Å². The van der Waals surface area contributed by atoms with Crippen LogP contribution in [-0.2, 0) is 6.61 Å². The Labute approximate surface area is 112 Å². The highest BCUT2D eigenvalue weighted by molar-refractivity contribution is 6.30. The number of aromatic nitrogens is 1. The summed E-state index contributed by atoms with van der Waals surface area (Å²) in [5.74, 6) is 1.95. The molecule has 0 unspecified atom stereocenters. The molecule has 4 heteroatoms. The van der Waals surface area contributed by atoms with E-state index in [2.05, 4.69) is 18.8 Å². The Morgan fingerprint density at radius 3 is 2.72 bits per heavy atom. The number of hydrogen-bond donors (Lipinski definition) is 0. The minimum atomic E-state index is 0.389. The van der Waals surface area contributed by atoms with E-state index in [0.29, 0.717) is 17.5 Å². The highest BCUT2D eigenvalue weighted by Gasteiger charge is 2.07. The SMILES string of the molecule is Cc1ocnc1COc1cc(Cl)cc(C(C)C)c1. The zero-order chi connectivity index (χ0) is 13.1. The third kappa shape index (κ3) is 3.05. The van der Waals surface area contributed by atoms with Crippen molar-refractivity contribution < 1.29 is 9.15 Å². The molecule has 0 aliphatic rings. The van der Waals surface area contributed by atoms with E-state index in [1.165, 1.54) is 6.39 Å². The number of rotatable bonds is 4. The minimum Gasteiger partial charge on any atom is -0.487 e. The zero-order valence-corrected chi connectivity index (χ0v) is 11.5. The molecule has 0 aliphatic heterocycles. The van der Waals surface area contributed by atoms with E-state index < -0.39 is 0 Å². The Kier molecular flexibility index (Phi) is 3.92. The van der Waals surface area contributed by atoms with Gasteiger partial charge in [0.2, 0.25) is 0 Å². The number of halogens is 1. The summed E-state index contributed by atoms with van der Waals surface area (Å²) in [7, 11) is 0. The maximum absolute atomic E-state index is 6.07. The fourth-order valence-electron chi connectivity index (χ4n) is 1.62. The fourth-order valence-corrected chi connectivity index (χ4v) is 1.85. The standard InChI is InChI=1S/C14H16ClNO2/c1-9(2)11-4-12(15)6-13(5-11)17-7-14-10(3)18-8-16-14/h4-6,8-9H,7H2,1-3H3. The van der Waals surface area contributed by atoms with Crippen LogP contribution in [0.1, 0.15) is 36.8 Å². The lowest BCUT2D eigenvalue weighted by Crippen LogP contribution is -1.98. The lowest BCUT2D eigenvalue weighted by atomic mass is 10.0. The summed E-state index contributed by atoms with van der Waals surface area (Å²) in [6.07, 6.45) is 1.42. The molecule has 0 aliphatic carbocycles. The molecule has 1 aromatic heterocycles. The molecule has 0 spiro atoms. The number of oxazole rings is 1. The molecule has 3 nitrogen and oxygen atoms in total. The van der Waals surface area contributed by atoms with Crippen molar-refractivity contribution in [1.29, 1.82) is 0 Å². The zero-order valence-electron chi connectivity index (χ0n) is 10.7. The van der Waals surface area contributed by atoms with Crippen molar-refractivity contribution in [1.82, 2.24) is 4.98 Å². The molecule has 1 aromatic carbocycles. The molecule has 2 rings (SSSR count). The Hall–Kier alpha value is -1.48. The van der Waals surface area contributed by atoms with E-state index in [0.717, 1.165) is 22.8 Å². The van der Waals surface area contributed by atoms with Crippen LogP contribution in [0.4, 0.5) is 0 Å². The summed E-state index contributed by atoms with van der Waals surface area (Å²) in [5, 5.41) is 0.688. The quantitative estimate of drug-likeness (QED) is 0.825. The number of benzene rings is 1. The van der Waals surface area contributed by atoms with E-state index in [9.17, 15) is 0 Å². The lowest BCUT2D eigenvalue weighted by molar-refractivity contribution is 0.299. The van der Waals surface area contributed by atoms with Gasteiger partial charge >= 0.3 is 0 Å². The molecule has 0 fully saturated rings. The molecule has 0 bridgehead atoms. The van der Waals surface area contributed by atoms with E-state index in [1.807, 2.05) is 25.1 Å². The summed E-state index contributed by atoms with van der Waals surface area (Å²) in [5.41, 5.74) is 1.97. The van der Waals surface area contributed by atoms with Crippen LogP contribution in [0.2, 0.25) is 5.02 Å². The van der Waals surface area contributed by atoms with Crippen molar-refractivity contribution in [3.05, 3.63) is 46.6 Å². The van der Waals surface area contributed by atoms with Crippen molar-refractivity contribution in [2.45, 2.75) is 33.3 Å². The van der Waals surface area contributed by atoms with Crippen molar-refractivity contribution in [2.24, 2.45) is 0 Å². The lowest BCUT2D eigenvalue weighted by Gasteiger charge is -2.10. The predicted molar refractivity (Wildman–Crippen MR) is 71.1 cm³/mol. The Bertz CT molecular complexity index is 534. The van der Waals surface area contributed by atoms with Gasteiger partial charge < -0.3 is 9.15 Å². The minimum absolute atomic E-state index is 0.389. The molecule has 0 N–H and O–H groups in total. The smallest absolute Gasteiger partial charge is 0.181 e. The second kappa shape index (κ2) is 5.44. The van der Waals surface area contributed by atoms with Crippen molar-refractivity contribution in [3.63, 3.8) is 0 Å². The second-order valence-corrected chi connectivity index (χ2v) is 4.96. The topological polar surface area (TPSA) is 35.3 Å². The van der Waals surface area contributed by atoms with E-state index in [4.69, 9.17) is 20.8 Å². The van der Waals surface area contributed by atoms with Crippen LogP contribution in [0.3, 0.4) is 0 Å². The van der Waals surface area contributed by atoms with Gasteiger partial charge in [-0.15, -0.1) is 0 Å². The van der Waals surface area contributed by atoms with E-state index >= 15 is 0 Å². The summed E-state index contributed by atoms with van der Waals surface area (Å²) < 4.78 is 10.8. The maximum atomic E-state index is 6.07. The van der Waals surface area contributed by atoms with Gasteiger partial charge in [-0.3, -0.25) is 0 Å². The summed E-state index contributed by atoms with van der Waals surface area (Å²) in [4.78, 5) is 4.09. The molecule has 0 saturated carbocycles. The number of nitrogens with zero attached hydrogens (tertiary/aromatic N) is 1. The molecule has 0 atom stereocenters. The van der Waals surface area contributed by atoms with Crippen LogP contribution in [0.5, 0.6) is 5.75 Å². The van der Waals surface area contributed by atoms with Gasteiger partial charge in [0.05, 0.1) is 0 Å². The third-order valence-corrected chi connectivity index (χ3v) is 3.00. The molecule has 96 valence electrons. The highest BCUT2D eigenvalue weighted by Crippen LogP contribution is 2.26. The molecule has 2 aromatic rings. The predicted octanol–water partition coefficient (Wildman–Crippen LogP) is 4.34. The van der Waals surface area contributed by atoms with Gasteiger partial charge in [-0.25, -0.2) is 4.98 Å². The van der Waals surface area contributed by atoms with Gasteiger partial charge in [0.25, 0.3) is 0 Å². The van der Waals surface area contributed by atoms with Crippen LogP contribution in [0, 0.1) is 6.92 Å². The average molecular weight is 266 g/mol. The Balaban J connectivity index is 2.12. The Morgan fingerprint density at radius 1 is 1.33 bits per heavy atom. The number of ether oxygens (including phenoxy) is 1. The fraction of sp³-hybridized carbons (Fsp3) is 0.357. The van der Waals surface area contributed by atoms with Crippen molar-refractivity contribution in [3.8, 4) is 5.75 Å². The molecular weight excluding hydrogens is 250 g/mol. The first kappa shape index (κ1) is 13.0. The van der Waals surface area contributed by atoms with Crippen LogP contribution in [-0.4, -0.2) is 4.98 Å². The van der Waals surface area contributed by atoms with Crippen LogP contribution < -0.4 is 4.74 Å². The third-order valence-electron chi connectivity index (χ3n) is 2.78. The number of aryl methyl sites for hydroxylation is 1. The largest absolute Gasteiger partial charge is 0.487 e. The van der Waals surface area contributed by atoms with E-state index in [1.54, 1.807) is 0 Å². The van der Waals surface area contributed by atoms with Crippen LogP contribution in [0.25, 0.3) is 0 Å². The van der Waals surface area contributed by atoms with Gasteiger partial charge in [0.1, 0.15) is 23.8 Å². The summed E-state index contributed by atoms with van der Waals surface area (Å²) in [6, 6.07) is 5.77. The van der Waals surface area contributed by atoms with E-state index in [-0.39, 0.29) is 0 Å². The number of hydrogen-bond acceptors (Lipinski definition) is 3. The van der Waals surface area contributed by atoms with Gasteiger partial charge in [-0.2, -0.15) is 0 Å². The first-order valence-corrected chi connectivity index (χ1v) is 6.26. The maximum Gasteiger partial charge on any atom is 0.181 e. The van der Waals surface area contributed by atoms with Crippen molar-refractivity contribution in [2.75, 3.05) is 0 Å². The molecule has 0 saturated heterocycles. The summed E-state index contributed by atoms with van der Waals surface area (Å²) in [6.45, 7) is 6.50. The molecule has 1 heterocycles. The van der Waals surface area contributed by atoms with Gasteiger partial charge in [0, 0.05) is 5.02 Å². The highest BCUT2D eigenvalue weighted by atomic mass is 35.5. The normalized spacial score (nSPS) is 10.9. The molecular formula is C14H16ClNO2. The van der Waals surface area contributed by atoms with Gasteiger partial charge in [0.15, 0.2) is 6.39 Å². The first-order chi connectivity index (χ1) is 8.56. The monoisotopic (exact) mass is 265 g/mol. The average Bonchev–Trinajstić information content (AvgIpc) is 2.71. The van der Waals surface area contributed by atoms with Gasteiger partial charge in [-0.05, 0) is 36.6 Å². The molecule has 0 amide bonds. The summed E-state index contributed by atoms with van der Waals surface area (Å²) >= 11 is 6.07.